The molecule has 0 saturated carbocycles. The second-order valence-corrected chi connectivity index (χ2v) is 4.69. The lowest BCUT2D eigenvalue weighted by Gasteiger charge is -2.16. The number of hydrogen-bond donors (Lipinski definition) is 1. The molecule has 0 atom stereocenters. The van der Waals surface area contributed by atoms with Crippen molar-refractivity contribution < 1.29 is 22.9 Å². The first kappa shape index (κ1) is 15.6. The van der Waals surface area contributed by atoms with Gasteiger partial charge >= 0.3 is 0 Å². The molecule has 1 aromatic heterocycles. The first-order valence-electron chi connectivity index (χ1n) is 6.30. The van der Waals surface area contributed by atoms with Gasteiger partial charge in [0.05, 0.1) is 6.54 Å². The zero-order chi connectivity index (χ0) is 16.3. The monoisotopic (exact) mass is 309 g/mol. The summed E-state index contributed by atoms with van der Waals surface area (Å²) in [5.74, 6) is -2.17. The summed E-state index contributed by atoms with van der Waals surface area (Å²) in [4.78, 5) is 24.8. The van der Waals surface area contributed by atoms with Gasteiger partial charge < -0.3 is 14.7 Å². The largest absolute Gasteiger partial charge is 0.360 e. The van der Waals surface area contributed by atoms with Crippen LogP contribution in [0.4, 0.5) is 14.6 Å². The van der Waals surface area contributed by atoms with Crippen LogP contribution in [0, 0.1) is 18.6 Å². The number of nitrogens with one attached hydrogen (secondary N) is 1. The molecule has 6 nitrogen and oxygen atoms in total. The summed E-state index contributed by atoms with van der Waals surface area (Å²) in [7, 11) is 1.35. The summed E-state index contributed by atoms with van der Waals surface area (Å²) < 4.78 is 31.0. The van der Waals surface area contributed by atoms with Gasteiger partial charge in [0.15, 0.2) is 5.82 Å². The molecule has 0 saturated heterocycles. The van der Waals surface area contributed by atoms with Gasteiger partial charge in [-0.2, -0.15) is 0 Å². The smallest absolute Gasteiger partial charge is 0.254 e. The number of halogens is 2. The van der Waals surface area contributed by atoms with Crippen molar-refractivity contribution in [1.82, 2.24) is 10.1 Å². The SMILES string of the molecule is Cc1cc(NC(=O)CN(C)C(=O)c2cc(F)cc(F)c2)no1. The number of hydrogen-bond acceptors (Lipinski definition) is 4. The maximum Gasteiger partial charge on any atom is 0.254 e. The summed E-state index contributed by atoms with van der Waals surface area (Å²) in [5, 5.41) is 6.02. The van der Waals surface area contributed by atoms with Crippen molar-refractivity contribution in [2.45, 2.75) is 6.92 Å². The third kappa shape index (κ3) is 3.87. The van der Waals surface area contributed by atoms with Crippen molar-refractivity contribution >= 4 is 17.6 Å². The Morgan fingerprint density at radius 2 is 1.86 bits per heavy atom. The Balaban J connectivity index is 2.00. The quantitative estimate of drug-likeness (QED) is 0.937. The molecule has 1 heterocycles. The summed E-state index contributed by atoms with van der Waals surface area (Å²) in [6.45, 7) is 1.36. The van der Waals surface area contributed by atoms with Gasteiger partial charge in [-0.1, -0.05) is 5.16 Å². The molecular formula is C14H13F2N3O3. The minimum absolute atomic E-state index is 0.176. The van der Waals surface area contributed by atoms with E-state index in [9.17, 15) is 18.4 Å². The van der Waals surface area contributed by atoms with Crippen molar-refractivity contribution in [1.29, 1.82) is 0 Å². The van der Waals surface area contributed by atoms with Crippen LogP contribution in [0.25, 0.3) is 0 Å². The van der Waals surface area contributed by atoms with Gasteiger partial charge in [0, 0.05) is 24.7 Å². The molecule has 0 aliphatic carbocycles. The predicted molar refractivity (Wildman–Crippen MR) is 73.2 cm³/mol. The molecule has 0 bridgehead atoms. The van der Waals surface area contributed by atoms with E-state index < -0.39 is 23.4 Å². The van der Waals surface area contributed by atoms with E-state index >= 15 is 0 Å². The van der Waals surface area contributed by atoms with Crippen molar-refractivity contribution in [3.63, 3.8) is 0 Å². The van der Waals surface area contributed by atoms with E-state index in [4.69, 9.17) is 4.52 Å². The lowest BCUT2D eigenvalue weighted by molar-refractivity contribution is -0.116. The molecule has 22 heavy (non-hydrogen) atoms. The highest BCUT2D eigenvalue weighted by Crippen LogP contribution is 2.11. The number of likely N-dealkylation sites (N-methyl/N-ethyl adjacent to an activating group) is 1. The van der Waals surface area contributed by atoms with Crippen LogP contribution in [0.3, 0.4) is 0 Å². The fraction of sp³-hybridized carbons (Fsp3) is 0.214. The maximum atomic E-state index is 13.1. The Kier molecular flexibility index (Phi) is 4.50. The van der Waals surface area contributed by atoms with Crippen LogP contribution in [0.1, 0.15) is 16.1 Å². The summed E-state index contributed by atoms with van der Waals surface area (Å²) in [5.41, 5.74) is -0.176. The Bertz CT molecular complexity index is 695. The Morgan fingerprint density at radius 3 is 2.41 bits per heavy atom. The van der Waals surface area contributed by atoms with E-state index in [1.807, 2.05) is 0 Å². The predicted octanol–water partition coefficient (Wildman–Crippen LogP) is 1.97. The highest BCUT2D eigenvalue weighted by Gasteiger charge is 2.17. The fourth-order valence-electron chi connectivity index (χ4n) is 1.79. The fourth-order valence-corrected chi connectivity index (χ4v) is 1.79. The Labute approximate surface area is 124 Å². The number of aryl methyl sites for hydroxylation is 1. The lowest BCUT2D eigenvalue weighted by Crippen LogP contribution is -2.35. The molecule has 2 rings (SSSR count). The number of anilines is 1. The standard InChI is InChI=1S/C14H13F2N3O3/c1-8-3-12(18-22-8)17-13(20)7-19(2)14(21)9-4-10(15)6-11(16)5-9/h3-6H,7H2,1-2H3,(H,17,18,20). The minimum atomic E-state index is -0.862. The van der Waals surface area contributed by atoms with Crippen LogP contribution in [-0.4, -0.2) is 35.5 Å². The highest BCUT2D eigenvalue weighted by atomic mass is 19.1. The maximum absolute atomic E-state index is 13.1. The number of carbonyl (C=O) groups is 2. The molecule has 8 heteroatoms. The lowest BCUT2D eigenvalue weighted by atomic mass is 10.2. The first-order valence-corrected chi connectivity index (χ1v) is 6.30. The van der Waals surface area contributed by atoms with Gasteiger partial charge in [0.25, 0.3) is 5.91 Å². The second kappa shape index (κ2) is 6.33. The Morgan fingerprint density at radius 1 is 1.23 bits per heavy atom. The van der Waals surface area contributed by atoms with Crippen molar-refractivity contribution in [2.24, 2.45) is 0 Å². The average Bonchev–Trinajstić information content (AvgIpc) is 2.81. The van der Waals surface area contributed by atoms with Crippen molar-refractivity contribution in [3.05, 3.63) is 47.2 Å². The van der Waals surface area contributed by atoms with Crippen LogP contribution in [0.15, 0.2) is 28.8 Å². The van der Waals surface area contributed by atoms with Gasteiger partial charge in [-0.3, -0.25) is 9.59 Å². The third-order valence-corrected chi connectivity index (χ3v) is 2.73. The number of carbonyl (C=O) groups excluding carboxylic acids is 2. The van der Waals surface area contributed by atoms with Gasteiger partial charge in [-0.05, 0) is 19.1 Å². The van der Waals surface area contributed by atoms with E-state index in [0.29, 0.717) is 11.8 Å². The number of rotatable bonds is 4. The summed E-state index contributed by atoms with van der Waals surface area (Å²) in [6.07, 6.45) is 0. The average molecular weight is 309 g/mol. The van der Waals surface area contributed by atoms with E-state index in [1.165, 1.54) is 13.1 Å². The minimum Gasteiger partial charge on any atom is -0.360 e. The van der Waals surface area contributed by atoms with Crippen molar-refractivity contribution in [2.75, 3.05) is 18.9 Å². The van der Waals surface area contributed by atoms with Gasteiger partial charge in [0.1, 0.15) is 17.4 Å². The molecule has 0 fully saturated rings. The molecular weight excluding hydrogens is 296 g/mol. The summed E-state index contributed by atoms with van der Waals surface area (Å²) in [6, 6.07) is 3.99. The molecule has 0 radical (unpaired) electrons. The summed E-state index contributed by atoms with van der Waals surface area (Å²) >= 11 is 0. The number of aromatic nitrogens is 1. The number of amides is 2. The molecule has 1 aromatic carbocycles. The molecule has 1 N–H and O–H groups in total. The highest BCUT2D eigenvalue weighted by molar-refractivity contribution is 5.98. The van der Waals surface area contributed by atoms with Crippen LogP contribution in [0.2, 0.25) is 0 Å². The van der Waals surface area contributed by atoms with E-state index in [1.54, 1.807) is 6.92 Å². The zero-order valence-electron chi connectivity index (χ0n) is 11.9. The van der Waals surface area contributed by atoms with Crippen LogP contribution < -0.4 is 5.32 Å². The number of nitrogens with zero attached hydrogens (tertiary/aromatic N) is 2. The molecule has 0 aliphatic rings. The van der Waals surface area contributed by atoms with E-state index in [-0.39, 0.29) is 17.9 Å². The van der Waals surface area contributed by atoms with Gasteiger partial charge in [-0.15, -0.1) is 0 Å². The molecule has 0 unspecified atom stereocenters. The van der Waals surface area contributed by atoms with Crippen LogP contribution in [0.5, 0.6) is 0 Å². The number of benzene rings is 1. The molecule has 116 valence electrons. The van der Waals surface area contributed by atoms with Crippen LogP contribution >= 0.6 is 0 Å². The normalized spacial score (nSPS) is 10.4. The molecule has 2 aromatic rings. The zero-order valence-corrected chi connectivity index (χ0v) is 11.9. The van der Waals surface area contributed by atoms with Crippen molar-refractivity contribution in [3.8, 4) is 0 Å². The van der Waals surface area contributed by atoms with E-state index in [2.05, 4.69) is 10.5 Å². The third-order valence-electron chi connectivity index (χ3n) is 2.73. The molecule has 0 aliphatic heterocycles. The topological polar surface area (TPSA) is 75.4 Å². The first-order chi connectivity index (χ1) is 10.3. The molecule has 2 amide bonds. The van der Waals surface area contributed by atoms with Gasteiger partial charge in [0.2, 0.25) is 5.91 Å². The molecule has 0 spiro atoms. The van der Waals surface area contributed by atoms with Gasteiger partial charge in [-0.25, -0.2) is 8.78 Å². The second-order valence-electron chi connectivity index (χ2n) is 4.69. The Hall–Kier alpha value is -2.77. The van der Waals surface area contributed by atoms with Crippen LogP contribution in [-0.2, 0) is 4.79 Å². The van der Waals surface area contributed by atoms with E-state index in [0.717, 1.165) is 17.0 Å².